The first kappa shape index (κ1) is 16.9. The van der Waals surface area contributed by atoms with Crippen LogP contribution in [0.4, 0.5) is 0 Å². The zero-order chi connectivity index (χ0) is 14.0. The molecule has 0 amide bonds. The number of ether oxygens (including phenoxy) is 2. The minimum absolute atomic E-state index is 0.110. The van der Waals surface area contributed by atoms with Crippen LogP contribution in [0.1, 0.15) is 53.4 Å². The van der Waals surface area contributed by atoms with Crippen LogP contribution in [0, 0.1) is 11.8 Å². The molecule has 0 atom stereocenters. The fourth-order valence-electron chi connectivity index (χ4n) is 1.17. The second-order valence-corrected chi connectivity index (χ2v) is 5.31. The molecule has 0 aliphatic rings. The van der Waals surface area contributed by atoms with Crippen molar-refractivity contribution in [1.29, 1.82) is 0 Å². The third-order valence-corrected chi connectivity index (χ3v) is 2.45. The number of rotatable bonds is 9. The van der Waals surface area contributed by atoms with Gasteiger partial charge in [0.15, 0.2) is 0 Å². The van der Waals surface area contributed by atoms with Gasteiger partial charge in [0.1, 0.15) is 0 Å². The van der Waals surface area contributed by atoms with E-state index in [9.17, 15) is 9.59 Å². The van der Waals surface area contributed by atoms with Gasteiger partial charge < -0.3 is 9.47 Å². The predicted octanol–water partition coefficient (Wildman–Crippen LogP) is 2.95. The van der Waals surface area contributed by atoms with Gasteiger partial charge in [-0.3, -0.25) is 9.59 Å². The van der Waals surface area contributed by atoms with E-state index in [2.05, 4.69) is 27.7 Å². The SMILES string of the molecule is CC(C)CCOC(=O)CCC(=O)OCCC(C)C. The first-order valence-corrected chi connectivity index (χ1v) is 6.73. The van der Waals surface area contributed by atoms with E-state index in [-0.39, 0.29) is 24.8 Å². The van der Waals surface area contributed by atoms with Crippen molar-refractivity contribution in [2.45, 2.75) is 53.4 Å². The number of esters is 2. The van der Waals surface area contributed by atoms with Gasteiger partial charge in [-0.2, -0.15) is 0 Å². The molecule has 0 heterocycles. The number of carbonyl (C=O) groups excluding carboxylic acids is 2. The van der Waals surface area contributed by atoms with E-state index in [1.165, 1.54) is 0 Å². The molecule has 0 unspecified atom stereocenters. The molecule has 4 heteroatoms. The van der Waals surface area contributed by atoms with Crippen LogP contribution in [-0.2, 0) is 19.1 Å². The van der Waals surface area contributed by atoms with E-state index >= 15 is 0 Å². The van der Waals surface area contributed by atoms with Crippen LogP contribution >= 0.6 is 0 Å². The Morgan fingerprint density at radius 2 is 1.11 bits per heavy atom. The van der Waals surface area contributed by atoms with Crippen LogP contribution in [0.2, 0.25) is 0 Å². The van der Waals surface area contributed by atoms with Crippen LogP contribution in [0.15, 0.2) is 0 Å². The first-order chi connectivity index (χ1) is 8.41. The van der Waals surface area contributed by atoms with Crippen LogP contribution in [0.3, 0.4) is 0 Å². The van der Waals surface area contributed by atoms with E-state index in [0.717, 1.165) is 12.8 Å². The lowest BCUT2D eigenvalue weighted by atomic mass is 10.1. The Bertz CT molecular complexity index is 220. The molecule has 0 aromatic carbocycles. The van der Waals surface area contributed by atoms with E-state index in [0.29, 0.717) is 25.0 Å². The van der Waals surface area contributed by atoms with Gasteiger partial charge in [-0.25, -0.2) is 0 Å². The second kappa shape index (κ2) is 9.92. The lowest BCUT2D eigenvalue weighted by molar-refractivity contribution is -0.150. The number of hydrogen-bond donors (Lipinski definition) is 0. The molecule has 18 heavy (non-hydrogen) atoms. The van der Waals surface area contributed by atoms with Gasteiger partial charge >= 0.3 is 11.9 Å². The molecule has 0 aliphatic heterocycles. The molecular weight excluding hydrogens is 232 g/mol. The van der Waals surface area contributed by atoms with Crippen molar-refractivity contribution in [3.05, 3.63) is 0 Å². The average Bonchev–Trinajstić information content (AvgIpc) is 2.25. The van der Waals surface area contributed by atoms with Crippen LogP contribution in [0.25, 0.3) is 0 Å². The van der Waals surface area contributed by atoms with Crippen LogP contribution in [0.5, 0.6) is 0 Å². The highest BCUT2D eigenvalue weighted by Crippen LogP contribution is 2.03. The summed E-state index contributed by atoms with van der Waals surface area (Å²) >= 11 is 0. The van der Waals surface area contributed by atoms with Crippen molar-refractivity contribution < 1.29 is 19.1 Å². The largest absolute Gasteiger partial charge is 0.466 e. The number of hydrogen-bond acceptors (Lipinski definition) is 4. The molecule has 0 bridgehead atoms. The smallest absolute Gasteiger partial charge is 0.306 e. The molecule has 0 saturated carbocycles. The summed E-state index contributed by atoms with van der Waals surface area (Å²) in [4.78, 5) is 22.6. The monoisotopic (exact) mass is 258 g/mol. The highest BCUT2D eigenvalue weighted by atomic mass is 16.5. The van der Waals surface area contributed by atoms with Gasteiger partial charge in [0.2, 0.25) is 0 Å². The summed E-state index contributed by atoms with van der Waals surface area (Å²) in [6.07, 6.45) is 1.92. The van der Waals surface area contributed by atoms with Gasteiger partial charge in [0.25, 0.3) is 0 Å². The summed E-state index contributed by atoms with van der Waals surface area (Å²) in [7, 11) is 0. The minimum Gasteiger partial charge on any atom is -0.466 e. The van der Waals surface area contributed by atoms with Crippen LogP contribution in [-0.4, -0.2) is 25.2 Å². The Hall–Kier alpha value is -1.06. The predicted molar refractivity (Wildman–Crippen MR) is 70.1 cm³/mol. The Morgan fingerprint density at radius 1 is 0.778 bits per heavy atom. The van der Waals surface area contributed by atoms with Gasteiger partial charge in [-0.1, -0.05) is 27.7 Å². The van der Waals surface area contributed by atoms with Crippen molar-refractivity contribution in [3.8, 4) is 0 Å². The topological polar surface area (TPSA) is 52.6 Å². The highest BCUT2D eigenvalue weighted by molar-refractivity contribution is 5.77. The third-order valence-electron chi connectivity index (χ3n) is 2.45. The van der Waals surface area contributed by atoms with E-state index in [1.54, 1.807) is 0 Å². The quantitative estimate of drug-likeness (QED) is 0.597. The zero-order valence-electron chi connectivity index (χ0n) is 12.0. The van der Waals surface area contributed by atoms with Gasteiger partial charge in [0, 0.05) is 0 Å². The molecule has 0 fully saturated rings. The highest BCUT2D eigenvalue weighted by Gasteiger charge is 2.09. The van der Waals surface area contributed by atoms with E-state index in [1.807, 2.05) is 0 Å². The third kappa shape index (κ3) is 11.4. The first-order valence-electron chi connectivity index (χ1n) is 6.73. The molecule has 106 valence electrons. The minimum atomic E-state index is -0.323. The zero-order valence-corrected chi connectivity index (χ0v) is 12.0. The molecule has 0 aliphatic carbocycles. The lowest BCUT2D eigenvalue weighted by Crippen LogP contribution is -2.12. The molecule has 0 N–H and O–H groups in total. The van der Waals surface area contributed by atoms with Crippen molar-refractivity contribution in [2.24, 2.45) is 11.8 Å². The molecule has 0 rings (SSSR count). The molecule has 0 radical (unpaired) electrons. The Labute approximate surface area is 110 Å². The summed E-state index contributed by atoms with van der Waals surface area (Å²) in [6, 6.07) is 0. The van der Waals surface area contributed by atoms with Gasteiger partial charge in [-0.15, -0.1) is 0 Å². The normalized spacial score (nSPS) is 10.8. The Kier molecular flexibility index (Phi) is 9.33. The molecule has 0 aromatic heterocycles. The van der Waals surface area contributed by atoms with Crippen molar-refractivity contribution in [1.82, 2.24) is 0 Å². The average molecular weight is 258 g/mol. The summed E-state index contributed by atoms with van der Waals surface area (Å²) in [6.45, 7) is 9.14. The van der Waals surface area contributed by atoms with E-state index < -0.39 is 0 Å². The Balaban J connectivity index is 3.50. The summed E-state index contributed by atoms with van der Waals surface area (Å²) in [5, 5.41) is 0. The molecule has 0 aromatic rings. The maximum absolute atomic E-state index is 11.3. The fourth-order valence-corrected chi connectivity index (χ4v) is 1.17. The molecule has 0 spiro atoms. The number of carbonyl (C=O) groups is 2. The lowest BCUT2D eigenvalue weighted by Gasteiger charge is -2.08. The molecular formula is C14H26O4. The van der Waals surface area contributed by atoms with Gasteiger partial charge in [-0.05, 0) is 24.7 Å². The summed E-state index contributed by atoms with van der Waals surface area (Å²) in [5.74, 6) is 0.380. The van der Waals surface area contributed by atoms with Crippen molar-refractivity contribution >= 4 is 11.9 Å². The molecule has 0 saturated heterocycles. The summed E-state index contributed by atoms with van der Waals surface area (Å²) < 4.78 is 10.00. The molecule has 4 nitrogen and oxygen atoms in total. The van der Waals surface area contributed by atoms with Crippen molar-refractivity contribution in [2.75, 3.05) is 13.2 Å². The Morgan fingerprint density at radius 3 is 1.39 bits per heavy atom. The van der Waals surface area contributed by atoms with Crippen molar-refractivity contribution in [3.63, 3.8) is 0 Å². The van der Waals surface area contributed by atoms with Crippen LogP contribution < -0.4 is 0 Å². The van der Waals surface area contributed by atoms with E-state index in [4.69, 9.17) is 9.47 Å². The fraction of sp³-hybridized carbons (Fsp3) is 0.857. The maximum Gasteiger partial charge on any atom is 0.306 e. The van der Waals surface area contributed by atoms with Gasteiger partial charge in [0.05, 0.1) is 26.1 Å². The maximum atomic E-state index is 11.3. The summed E-state index contributed by atoms with van der Waals surface area (Å²) in [5.41, 5.74) is 0. The second-order valence-electron chi connectivity index (χ2n) is 5.31. The standard InChI is InChI=1S/C14H26O4/c1-11(2)7-9-17-13(15)5-6-14(16)18-10-8-12(3)4/h11-12H,5-10H2,1-4H3.